The zero-order chi connectivity index (χ0) is 13.8. The second-order valence-electron chi connectivity index (χ2n) is 4.03. The summed E-state index contributed by atoms with van der Waals surface area (Å²) in [6, 6.07) is 4.51. The fourth-order valence-corrected chi connectivity index (χ4v) is 1.92. The van der Waals surface area contributed by atoms with Crippen LogP contribution in [0.15, 0.2) is 18.2 Å². The van der Waals surface area contributed by atoms with Crippen molar-refractivity contribution < 1.29 is 15.0 Å². The first-order chi connectivity index (χ1) is 8.48. The largest absolute Gasteiger partial charge is 0.394 e. The van der Waals surface area contributed by atoms with Crippen molar-refractivity contribution in [3.63, 3.8) is 0 Å². The summed E-state index contributed by atoms with van der Waals surface area (Å²) < 4.78 is 0. The molecule has 1 aromatic carbocycles. The Morgan fingerprint density at radius 2 is 1.94 bits per heavy atom. The molecule has 0 atom stereocenters. The van der Waals surface area contributed by atoms with Crippen LogP contribution in [0.5, 0.6) is 0 Å². The maximum Gasteiger partial charge on any atom is 0.253 e. The van der Waals surface area contributed by atoms with Gasteiger partial charge in [0, 0.05) is 5.02 Å². The molecular weight excluding hydrogens is 277 g/mol. The van der Waals surface area contributed by atoms with Gasteiger partial charge in [-0.15, -0.1) is 0 Å². The lowest BCUT2D eigenvalue weighted by molar-refractivity contribution is 0.0653. The van der Waals surface area contributed by atoms with Crippen molar-refractivity contribution in [3.8, 4) is 0 Å². The average Bonchev–Trinajstić information content (AvgIpc) is 2.36. The Hall–Kier alpha value is -0.810. The van der Waals surface area contributed by atoms with Crippen molar-refractivity contribution in [1.29, 1.82) is 0 Å². The van der Waals surface area contributed by atoms with Gasteiger partial charge in [-0.2, -0.15) is 0 Å². The van der Waals surface area contributed by atoms with Crippen molar-refractivity contribution in [1.82, 2.24) is 5.32 Å². The third-order valence-electron chi connectivity index (χ3n) is 2.84. The molecule has 3 N–H and O–H groups in total. The molecule has 0 aliphatic rings. The third-order valence-corrected chi connectivity index (χ3v) is 3.38. The van der Waals surface area contributed by atoms with E-state index in [0.29, 0.717) is 11.4 Å². The predicted octanol–water partition coefficient (Wildman–Crippen LogP) is 1.86. The van der Waals surface area contributed by atoms with Crippen molar-refractivity contribution in [2.24, 2.45) is 0 Å². The topological polar surface area (TPSA) is 69.6 Å². The number of nitrogens with one attached hydrogen (secondary N) is 1. The van der Waals surface area contributed by atoms with Gasteiger partial charge in [0.15, 0.2) is 0 Å². The molecule has 0 aromatic heterocycles. The van der Waals surface area contributed by atoms with Crippen molar-refractivity contribution in [2.45, 2.75) is 18.9 Å². The van der Waals surface area contributed by atoms with Crippen molar-refractivity contribution in [3.05, 3.63) is 33.8 Å². The molecule has 0 saturated carbocycles. The van der Waals surface area contributed by atoms with Gasteiger partial charge in [-0.1, -0.05) is 30.1 Å². The quantitative estimate of drug-likeness (QED) is 0.776. The van der Waals surface area contributed by atoms with Crippen LogP contribution in [0.2, 0.25) is 10.0 Å². The van der Waals surface area contributed by atoms with Gasteiger partial charge in [0.25, 0.3) is 5.91 Å². The van der Waals surface area contributed by atoms with Crippen LogP contribution < -0.4 is 5.32 Å². The van der Waals surface area contributed by atoms with E-state index in [0.717, 1.165) is 0 Å². The Morgan fingerprint density at radius 3 is 2.39 bits per heavy atom. The van der Waals surface area contributed by atoms with Crippen molar-refractivity contribution in [2.75, 3.05) is 13.2 Å². The predicted molar refractivity (Wildman–Crippen MR) is 71.1 cm³/mol. The molecule has 6 heteroatoms. The van der Waals surface area contributed by atoms with E-state index in [2.05, 4.69) is 5.32 Å². The summed E-state index contributed by atoms with van der Waals surface area (Å²) in [6.07, 6.45) is 0.400. The van der Waals surface area contributed by atoms with Gasteiger partial charge >= 0.3 is 0 Å². The van der Waals surface area contributed by atoms with E-state index in [9.17, 15) is 15.0 Å². The van der Waals surface area contributed by atoms with Gasteiger partial charge < -0.3 is 15.5 Å². The van der Waals surface area contributed by atoms with Crippen LogP contribution in [0.25, 0.3) is 0 Å². The minimum absolute atomic E-state index is 0.223. The summed E-state index contributed by atoms with van der Waals surface area (Å²) in [4.78, 5) is 12.0. The van der Waals surface area contributed by atoms with E-state index in [1.54, 1.807) is 13.0 Å². The molecule has 1 aromatic rings. The Labute approximate surface area is 116 Å². The van der Waals surface area contributed by atoms with Gasteiger partial charge in [0.2, 0.25) is 0 Å². The van der Waals surface area contributed by atoms with E-state index < -0.39 is 11.4 Å². The first-order valence-corrected chi connectivity index (χ1v) is 6.23. The van der Waals surface area contributed by atoms with Crippen LogP contribution in [0.4, 0.5) is 0 Å². The smallest absolute Gasteiger partial charge is 0.253 e. The highest BCUT2D eigenvalue weighted by atomic mass is 35.5. The van der Waals surface area contributed by atoms with Crippen LogP contribution in [0.1, 0.15) is 23.7 Å². The third kappa shape index (κ3) is 3.36. The minimum atomic E-state index is -1.04. The van der Waals surface area contributed by atoms with Crippen LogP contribution in [0.3, 0.4) is 0 Å². The Bertz CT molecular complexity index is 425. The molecule has 0 aliphatic heterocycles. The first-order valence-electron chi connectivity index (χ1n) is 5.47. The highest BCUT2D eigenvalue weighted by Crippen LogP contribution is 2.21. The van der Waals surface area contributed by atoms with Gasteiger partial charge in [0.05, 0.1) is 29.3 Å². The summed E-state index contributed by atoms with van der Waals surface area (Å²) >= 11 is 11.7. The Balaban J connectivity index is 2.94. The Morgan fingerprint density at radius 1 is 1.33 bits per heavy atom. The summed E-state index contributed by atoms with van der Waals surface area (Å²) in [7, 11) is 0. The zero-order valence-corrected chi connectivity index (χ0v) is 11.4. The number of halogens is 2. The molecule has 0 heterocycles. The lowest BCUT2D eigenvalue weighted by atomic mass is 9.98. The normalized spacial score (nSPS) is 11.4. The monoisotopic (exact) mass is 291 g/mol. The molecule has 0 fully saturated rings. The fraction of sp³-hybridized carbons (Fsp3) is 0.417. The molecule has 100 valence electrons. The summed E-state index contributed by atoms with van der Waals surface area (Å²) in [5.41, 5.74) is -0.791. The molecule has 1 rings (SSSR count). The molecule has 4 nitrogen and oxygen atoms in total. The molecule has 0 saturated heterocycles. The molecule has 0 radical (unpaired) electrons. The van der Waals surface area contributed by atoms with E-state index in [1.807, 2.05) is 0 Å². The fourth-order valence-electron chi connectivity index (χ4n) is 1.42. The number of hydrogen-bond acceptors (Lipinski definition) is 3. The molecule has 1 amide bonds. The second-order valence-corrected chi connectivity index (χ2v) is 4.87. The number of benzene rings is 1. The molecule has 0 bridgehead atoms. The lowest BCUT2D eigenvalue weighted by Gasteiger charge is -2.29. The number of amides is 1. The van der Waals surface area contributed by atoms with Crippen LogP contribution >= 0.6 is 23.2 Å². The SMILES string of the molecule is CCC(CO)(CO)NC(=O)c1ccc(Cl)cc1Cl. The molecule has 0 unspecified atom stereocenters. The van der Waals surface area contributed by atoms with E-state index >= 15 is 0 Å². The average molecular weight is 292 g/mol. The lowest BCUT2D eigenvalue weighted by Crippen LogP contribution is -2.53. The highest BCUT2D eigenvalue weighted by Gasteiger charge is 2.29. The number of carbonyl (C=O) groups excluding carboxylic acids is 1. The zero-order valence-electron chi connectivity index (χ0n) is 9.91. The maximum atomic E-state index is 12.0. The standard InChI is InChI=1S/C12H15Cl2NO3/c1-2-12(6-16,7-17)15-11(18)9-4-3-8(13)5-10(9)14/h3-5,16-17H,2,6-7H2,1H3,(H,15,18). The van der Waals surface area contributed by atoms with Crippen LogP contribution in [-0.2, 0) is 0 Å². The number of hydrogen-bond donors (Lipinski definition) is 3. The Kier molecular flexibility index (Phi) is 5.41. The maximum absolute atomic E-state index is 12.0. The van der Waals surface area contributed by atoms with E-state index in [-0.39, 0.29) is 23.8 Å². The first kappa shape index (κ1) is 15.2. The number of aliphatic hydroxyl groups is 2. The summed E-state index contributed by atoms with van der Waals surface area (Å²) in [5.74, 6) is -0.457. The second kappa shape index (κ2) is 6.38. The minimum Gasteiger partial charge on any atom is -0.394 e. The van der Waals surface area contributed by atoms with Gasteiger partial charge in [0.1, 0.15) is 0 Å². The van der Waals surface area contributed by atoms with E-state index in [1.165, 1.54) is 12.1 Å². The number of carbonyl (C=O) groups is 1. The van der Waals surface area contributed by atoms with Gasteiger partial charge in [-0.3, -0.25) is 4.79 Å². The van der Waals surface area contributed by atoms with E-state index in [4.69, 9.17) is 23.2 Å². The van der Waals surface area contributed by atoms with Crippen molar-refractivity contribution >= 4 is 29.1 Å². The molecule has 18 heavy (non-hydrogen) atoms. The number of aliphatic hydroxyl groups excluding tert-OH is 2. The van der Waals surface area contributed by atoms with Crippen LogP contribution in [-0.4, -0.2) is 34.9 Å². The molecule has 0 aliphatic carbocycles. The highest BCUT2D eigenvalue weighted by molar-refractivity contribution is 6.36. The number of rotatable bonds is 5. The summed E-state index contributed by atoms with van der Waals surface area (Å²) in [6.45, 7) is 1.06. The molecule has 0 spiro atoms. The van der Waals surface area contributed by atoms with Crippen LogP contribution in [0, 0.1) is 0 Å². The van der Waals surface area contributed by atoms with Gasteiger partial charge in [-0.25, -0.2) is 0 Å². The van der Waals surface area contributed by atoms with Gasteiger partial charge in [-0.05, 0) is 24.6 Å². The molecular formula is C12H15Cl2NO3. The summed E-state index contributed by atoms with van der Waals surface area (Å²) in [5, 5.41) is 21.8.